The molecule has 6 nitrogen and oxygen atoms in total. The summed E-state index contributed by atoms with van der Waals surface area (Å²) in [6.07, 6.45) is 5.00. The minimum Gasteiger partial charge on any atom is -0.508 e. The molecule has 0 fully saturated rings. The molecule has 2 heterocycles. The van der Waals surface area contributed by atoms with Crippen LogP contribution in [0.15, 0.2) is 83.2 Å². The van der Waals surface area contributed by atoms with Gasteiger partial charge >= 0.3 is 0 Å². The summed E-state index contributed by atoms with van der Waals surface area (Å²) in [5.41, 5.74) is 4.41. The molecule has 3 rings (SSSR count). The monoisotopic (exact) mass is 317 g/mol. The van der Waals surface area contributed by atoms with Crippen LogP contribution in [0.1, 0.15) is 11.3 Å². The molecule has 0 aliphatic heterocycles. The number of aromatic nitrogens is 2. The zero-order chi connectivity index (χ0) is 16.6. The second kappa shape index (κ2) is 7.64. The van der Waals surface area contributed by atoms with Crippen molar-refractivity contribution in [2.24, 2.45) is 10.1 Å². The van der Waals surface area contributed by atoms with Crippen LogP contribution in [0.3, 0.4) is 0 Å². The smallest absolute Gasteiger partial charge is 0.174 e. The number of phenolic OH excluding ortho intramolecular Hbond substituents is 1. The molecule has 0 atom stereocenters. The molecular formula is C18H15N5O. The highest BCUT2D eigenvalue weighted by molar-refractivity contribution is 5.98. The third kappa shape index (κ3) is 4.23. The Morgan fingerprint density at radius 3 is 2.33 bits per heavy atom. The molecule has 0 unspecified atom stereocenters. The summed E-state index contributed by atoms with van der Waals surface area (Å²) < 4.78 is 0. The van der Waals surface area contributed by atoms with Crippen LogP contribution in [-0.2, 0) is 0 Å². The highest BCUT2D eigenvalue weighted by Gasteiger charge is 2.04. The van der Waals surface area contributed by atoms with E-state index in [1.165, 1.54) is 0 Å². The molecule has 118 valence electrons. The Hall–Kier alpha value is -3.54. The van der Waals surface area contributed by atoms with E-state index in [4.69, 9.17) is 0 Å². The lowest BCUT2D eigenvalue weighted by molar-refractivity contribution is 0.475. The van der Waals surface area contributed by atoms with Gasteiger partial charge in [0.2, 0.25) is 0 Å². The molecule has 0 amide bonds. The molecule has 0 spiro atoms. The van der Waals surface area contributed by atoms with Crippen LogP contribution >= 0.6 is 0 Å². The summed E-state index contributed by atoms with van der Waals surface area (Å²) in [6.45, 7) is 0. The van der Waals surface area contributed by atoms with E-state index >= 15 is 0 Å². The van der Waals surface area contributed by atoms with E-state index in [9.17, 15) is 5.11 Å². The molecule has 2 aromatic heterocycles. The van der Waals surface area contributed by atoms with Gasteiger partial charge in [-0.2, -0.15) is 5.10 Å². The van der Waals surface area contributed by atoms with Gasteiger partial charge in [0, 0.05) is 12.4 Å². The first-order chi connectivity index (χ1) is 11.8. The van der Waals surface area contributed by atoms with Gasteiger partial charge in [-0.3, -0.25) is 10.4 Å². The van der Waals surface area contributed by atoms with Gasteiger partial charge in [-0.05, 0) is 54.1 Å². The summed E-state index contributed by atoms with van der Waals surface area (Å²) >= 11 is 0. The van der Waals surface area contributed by atoms with E-state index in [2.05, 4.69) is 25.5 Å². The van der Waals surface area contributed by atoms with Crippen molar-refractivity contribution in [2.45, 2.75) is 0 Å². The molecule has 2 N–H and O–H groups in total. The topological polar surface area (TPSA) is 82.8 Å². The van der Waals surface area contributed by atoms with Gasteiger partial charge in [0.05, 0.1) is 6.21 Å². The quantitative estimate of drug-likeness (QED) is 0.440. The van der Waals surface area contributed by atoms with Crippen molar-refractivity contribution in [3.05, 3.63) is 84.3 Å². The Morgan fingerprint density at radius 1 is 0.917 bits per heavy atom. The third-order valence-electron chi connectivity index (χ3n) is 3.06. The third-order valence-corrected chi connectivity index (χ3v) is 3.06. The lowest BCUT2D eigenvalue weighted by Crippen LogP contribution is -2.20. The van der Waals surface area contributed by atoms with Crippen molar-refractivity contribution in [2.75, 3.05) is 0 Å². The van der Waals surface area contributed by atoms with Crippen LogP contribution in [0, 0.1) is 0 Å². The average Bonchev–Trinajstić information content (AvgIpc) is 2.64. The highest BCUT2D eigenvalue weighted by Crippen LogP contribution is 2.09. The Bertz CT molecular complexity index is 830. The van der Waals surface area contributed by atoms with E-state index < -0.39 is 0 Å². The molecule has 3 aromatic rings. The van der Waals surface area contributed by atoms with Gasteiger partial charge in [0.1, 0.15) is 11.4 Å². The van der Waals surface area contributed by atoms with Crippen LogP contribution in [0.5, 0.6) is 5.75 Å². The Morgan fingerprint density at radius 2 is 1.67 bits per heavy atom. The van der Waals surface area contributed by atoms with Crippen molar-refractivity contribution in [3.8, 4) is 5.75 Å². The second-order valence-electron chi connectivity index (χ2n) is 4.82. The van der Waals surface area contributed by atoms with E-state index in [-0.39, 0.29) is 5.75 Å². The van der Waals surface area contributed by atoms with Crippen LogP contribution in [0.4, 0.5) is 5.82 Å². The van der Waals surface area contributed by atoms with Gasteiger partial charge in [0.25, 0.3) is 0 Å². The number of benzene rings is 1. The molecule has 0 aliphatic rings. The number of pyridine rings is 2. The number of nitrogens with one attached hydrogen (secondary N) is 1. The maximum Gasteiger partial charge on any atom is 0.174 e. The summed E-state index contributed by atoms with van der Waals surface area (Å²) in [4.78, 5) is 12.9. The van der Waals surface area contributed by atoms with Gasteiger partial charge in [-0.15, -0.1) is 0 Å². The van der Waals surface area contributed by atoms with Crippen molar-refractivity contribution >= 4 is 17.9 Å². The molecular weight excluding hydrogens is 302 g/mol. The molecule has 0 radical (unpaired) electrons. The fourth-order valence-electron chi connectivity index (χ4n) is 1.91. The fraction of sp³-hybridized carbons (Fsp3) is 0. The van der Waals surface area contributed by atoms with Gasteiger partial charge in [0.15, 0.2) is 11.7 Å². The summed E-state index contributed by atoms with van der Waals surface area (Å²) in [5.74, 6) is 1.26. The highest BCUT2D eigenvalue weighted by atomic mass is 16.3. The predicted octanol–water partition coefficient (Wildman–Crippen LogP) is 2.88. The molecule has 0 saturated heterocycles. The minimum absolute atomic E-state index is 0.214. The number of hydrogen-bond donors (Lipinski definition) is 2. The zero-order valence-electron chi connectivity index (χ0n) is 12.7. The van der Waals surface area contributed by atoms with Crippen LogP contribution in [-0.4, -0.2) is 27.1 Å². The van der Waals surface area contributed by atoms with Crippen molar-refractivity contribution in [1.82, 2.24) is 15.4 Å². The number of hydrogen-bond acceptors (Lipinski definition) is 5. The normalized spacial score (nSPS) is 11.6. The van der Waals surface area contributed by atoms with Gasteiger partial charge in [-0.1, -0.05) is 12.1 Å². The fourth-order valence-corrected chi connectivity index (χ4v) is 1.91. The first-order valence-corrected chi connectivity index (χ1v) is 7.30. The van der Waals surface area contributed by atoms with Crippen LogP contribution in [0.2, 0.25) is 0 Å². The SMILES string of the molecule is Oc1ccc(C=NNC(=Nc2ccccn2)c2ccccn2)cc1. The average molecular weight is 317 g/mol. The van der Waals surface area contributed by atoms with E-state index in [0.717, 1.165) is 5.56 Å². The lowest BCUT2D eigenvalue weighted by atomic mass is 10.2. The Kier molecular flexibility index (Phi) is 4.89. The van der Waals surface area contributed by atoms with E-state index in [1.54, 1.807) is 48.9 Å². The number of aliphatic imine (C=N–C) groups is 1. The molecule has 1 aromatic carbocycles. The van der Waals surface area contributed by atoms with Gasteiger partial charge in [-0.25, -0.2) is 9.98 Å². The lowest BCUT2D eigenvalue weighted by Gasteiger charge is -2.04. The van der Waals surface area contributed by atoms with Crippen LogP contribution < -0.4 is 5.43 Å². The summed E-state index contributed by atoms with van der Waals surface area (Å²) in [6, 6.07) is 17.8. The zero-order valence-corrected chi connectivity index (χ0v) is 12.7. The Labute approximate surface area is 139 Å². The minimum atomic E-state index is 0.214. The van der Waals surface area contributed by atoms with E-state index in [1.807, 2.05) is 30.3 Å². The maximum absolute atomic E-state index is 9.29. The van der Waals surface area contributed by atoms with E-state index in [0.29, 0.717) is 17.3 Å². The standard InChI is InChI=1S/C18H15N5O/c24-15-9-7-14(8-10-15)13-21-23-18(16-5-1-3-11-19-16)22-17-6-2-4-12-20-17/h1-13,24H,(H,20,22,23). The molecule has 0 saturated carbocycles. The maximum atomic E-state index is 9.29. The van der Waals surface area contributed by atoms with Crippen molar-refractivity contribution < 1.29 is 5.11 Å². The number of aromatic hydroxyl groups is 1. The largest absolute Gasteiger partial charge is 0.508 e. The van der Waals surface area contributed by atoms with Gasteiger partial charge < -0.3 is 5.11 Å². The number of hydrazone groups is 1. The van der Waals surface area contributed by atoms with Crippen molar-refractivity contribution in [3.63, 3.8) is 0 Å². The molecule has 6 heteroatoms. The van der Waals surface area contributed by atoms with Crippen molar-refractivity contribution in [1.29, 1.82) is 0 Å². The number of phenols is 1. The molecule has 0 aliphatic carbocycles. The summed E-state index contributed by atoms with van der Waals surface area (Å²) in [5, 5.41) is 13.5. The predicted molar refractivity (Wildman–Crippen MR) is 93.5 cm³/mol. The Balaban J connectivity index is 1.83. The molecule has 24 heavy (non-hydrogen) atoms. The van der Waals surface area contributed by atoms with Crippen LogP contribution in [0.25, 0.3) is 0 Å². The summed E-state index contributed by atoms with van der Waals surface area (Å²) in [7, 11) is 0. The first-order valence-electron chi connectivity index (χ1n) is 7.30. The number of rotatable bonds is 4. The number of amidine groups is 1. The molecule has 0 bridgehead atoms. The first kappa shape index (κ1) is 15.4. The number of nitrogens with zero attached hydrogens (tertiary/aromatic N) is 4. The second-order valence-corrected chi connectivity index (χ2v) is 4.82.